The lowest BCUT2D eigenvalue weighted by atomic mass is 9.80. The van der Waals surface area contributed by atoms with E-state index in [4.69, 9.17) is 9.72 Å². The van der Waals surface area contributed by atoms with Gasteiger partial charge in [0.1, 0.15) is 24.0 Å². The van der Waals surface area contributed by atoms with Gasteiger partial charge in [0.2, 0.25) is 0 Å². The lowest BCUT2D eigenvalue weighted by molar-refractivity contribution is 0.480. The van der Waals surface area contributed by atoms with E-state index >= 15 is 0 Å². The van der Waals surface area contributed by atoms with Crippen molar-refractivity contribution in [3.63, 3.8) is 0 Å². The first-order chi connectivity index (χ1) is 33.1. The molecule has 0 aliphatic carbocycles. The van der Waals surface area contributed by atoms with Gasteiger partial charge in [0.15, 0.2) is 0 Å². The number of fused-ring (bicyclic) bond motifs is 4. The molecule has 9 aromatic rings. The summed E-state index contributed by atoms with van der Waals surface area (Å²) in [5.74, 6) is 2.45. The normalized spacial score (nSPS) is 13.4. The summed E-state index contributed by atoms with van der Waals surface area (Å²) < 4.78 is 9.39. The van der Waals surface area contributed by atoms with Crippen LogP contribution in [0.4, 0.5) is 22.7 Å². The van der Waals surface area contributed by atoms with Crippen molar-refractivity contribution in [2.24, 2.45) is 0 Å². The van der Waals surface area contributed by atoms with Crippen LogP contribution in [0.15, 0.2) is 164 Å². The minimum absolute atomic E-state index is 0.00915. The molecule has 10 rings (SSSR count). The average Bonchev–Trinajstić information content (AvgIpc) is 3.86. The van der Waals surface area contributed by atoms with Crippen LogP contribution in [0.3, 0.4) is 0 Å². The Balaban J connectivity index is 1.06. The number of pyridine rings is 1. The first-order valence-electron chi connectivity index (χ1n) is 25.0. The van der Waals surface area contributed by atoms with E-state index in [0.717, 1.165) is 45.3 Å². The van der Waals surface area contributed by atoms with Gasteiger partial charge >= 0.3 is 0 Å². The molecule has 1 aliphatic rings. The second-order valence-corrected chi connectivity index (χ2v) is 23.6. The van der Waals surface area contributed by atoms with Gasteiger partial charge in [-0.3, -0.25) is 4.57 Å². The SMILES string of the molecule is Cc1cc(-n2c3ccccc3c3c(C(C)(C)C)cc(Oc4cccc(N5CN(c6cc(C(C)(C)C)cc(C(C)(C)C)c6)c6ccc(-c7ccccc7)cc65)c4)cc32)ncc1-c1ccc(C(C)(C)C)cc1. The monoisotopic (exact) mass is 921 g/mol. The number of para-hydroxylation sites is 1. The largest absolute Gasteiger partial charge is 0.457 e. The zero-order valence-corrected chi connectivity index (χ0v) is 43.5. The fourth-order valence-electron chi connectivity index (χ4n) is 10.1. The molecule has 354 valence electrons. The number of benzene rings is 7. The van der Waals surface area contributed by atoms with Crippen LogP contribution in [0.5, 0.6) is 11.5 Å². The van der Waals surface area contributed by atoms with Crippen molar-refractivity contribution in [3.8, 4) is 39.6 Å². The minimum Gasteiger partial charge on any atom is -0.457 e. The minimum atomic E-state index is -0.183. The summed E-state index contributed by atoms with van der Waals surface area (Å²) in [4.78, 5) is 10.1. The van der Waals surface area contributed by atoms with E-state index in [-0.39, 0.29) is 21.7 Å². The number of ether oxygens (including phenoxy) is 1. The highest BCUT2D eigenvalue weighted by atomic mass is 16.5. The van der Waals surface area contributed by atoms with E-state index in [0.29, 0.717) is 6.67 Å². The van der Waals surface area contributed by atoms with Crippen molar-refractivity contribution < 1.29 is 4.74 Å². The Morgan fingerprint density at radius 3 is 1.76 bits per heavy atom. The predicted octanol–water partition coefficient (Wildman–Crippen LogP) is 18.1. The molecule has 0 saturated carbocycles. The Labute approximate surface area is 416 Å². The Kier molecular flexibility index (Phi) is 11.4. The molecule has 0 spiro atoms. The lowest BCUT2D eigenvalue weighted by Crippen LogP contribution is -2.25. The van der Waals surface area contributed by atoms with Gasteiger partial charge in [-0.15, -0.1) is 0 Å². The maximum atomic E-state index is 7.07. The molecule has 0 radical (unpaired) electrons. The van der Waals surface area contributed by atoms with Gasteiger partial charge in [-0.2, -0.15) is 0 Å². The summed E-state index contributed by atoms with van der Waals surface area (Å²) in [6.07, 6.45) is 2.04. The molecule has 0 bridgehead atoms. The third-order valence-electron chi connectivity index (χ3n) is 14.2. The van der Waals surface area contributed by atoms with Crippen molar-refractivity contribution in [3.05, 3.63) is 192 Å². The second-order valence-electron chi connectivity index (χ2n) is 23.6. The molecule has 1 aliphatic heterocycles. The smallest absolute Gasteiger partial charge is 0.137 e. The molecular formula is C65H68N4O. The Bertz CT molecular complexity index is 3390. The molecule has 5 nitrogen and oxygen atoms in total. The van der Waals surface area contributed by atoms with Gasteiger partial charge in [0, 0.05) is 46.0 Å². The number of nitrogens with zero attached hydrogens (tertiary/aromatic N) is 4. The van der Waals surface area contributed by atoms with Gasteiger partial charge in [-0.05, 0) is 128 Å². The Morgan fingerprint density at radius 2 is 1.10 bits per heavy atom. The van der Waals surface area contributed by atoms with E-state index in [1.807, 2.05) is 6.20 Å². The van der Waals surface area contributed by atoms with Gasteiger partial charge in [-0.25, -0.2) is 4.98 Å². The Hall–Kier alpha value is -7.11. The molecule has 5 heteroatoms. The second kappa shape index (κ2) is 17.1. The molecule has 3 heterocycles. The van der Waals surface area contributed by atoms with E-state index in [1.54, 1.807) is 0 Å². The van der Waals surface area contributed by atoms with Crippen molar-refractivity contribution in [2.45, 2.75) is 112 Å². The van der Waals surface area contributed by atoms with Gasteiger partial charge in [-0.1, -0.05) is 174 Å². The highest BCUT2D eigenvalue weighted by Gasteiger charge is 2.32. The van der Waals surface area contributed by atoms with Crippen molar-refractivity contribution >= 4 is 44.6 Å². The number of hydrogen-bond acceptors (Lipinski definition) is 4. The molecular weight excluding hydrogens is 853 g/mol. The Morgan fingerprint density at radius 1 is 0.457 bits per heavy atom. The molecule has 0 atom stereocenters. The number of rotatable bonds is 7. The van der Waals surface area contributed by atoms with Crippen LogP contribution in [-0.4, -0.2) is 16.2 Å². The van der Waals surface area contributed by atoms with Gasteiger partial charge < -0.3 is 14.5 Å². The predicted molar refractivity (Wildman–Crippen MR) is 298 cm³/mol. The first kappa shape index (κ1) is 46.6. The van der Waals surface area contributed by atoms with Crippen molar-refractivity contribution in [1.82, 2.24) is 9.55 Å². The lowest BCUT2D eigenvalue weighted by Gasteiger charge is -2.29. The molecule has 0 N–H and O–H groups in total. The van der Waals surface area contributed by atoms with Crippen LogP contribution in [0.25, 0.3) is 49.9 Å². The highest BCUT2D eigenvalue weighted by Crippen LogP contribution is 2.49. The maximum Gasteiger partial charge on any atom is 0.137 e. The number of aromatic nitrogens is 2. The quantitative estimate of drug-likeness (QED) is 0.159. The van der Waals surface area contributed by atoms with Crippen molar-refractivity contribution in [1.29, 1.82) is 0 Å². The first-order valence-corrected chi connectivity index (χ1v) is 25.0. The summed E-state index contributed by atoms with van der Waals surface area (Å²) in [7, 11) is 0. The summed E-state index contributed by atoms with van der Waals surface area (Å²) in [6, 6.07) is 57.8. The van der Waals surface area contributed by atoms with Crippen LogP contribution in [0, 0.1) is 6.92 Å². The van der Waals surface area contributed by atoms with Crippen LogP contribution in [0.2, 0.25) is 0 Å². The number of anilines is 4. The third-order valence-corrected chi connectivity index (χ3v) is 14.2. The molecule has 0 amide bonds. The van der Waals surface area contributed by atoms with E-state index in [2.05, 4.69) is 262 Å². The van der Waals surface area contributed by atoms with Gasteiger partial charge in [0.25, 0.3) is 0 Å². The topological polar surface area (TPSA) is 33.5 Å². The number of aryl methyl sites for hydroxylation is 1. The summed E-state index contributed by atoms with van der Waals surface area (Å²) >= 11 is 0. The van der Waals surface area contributed by atoms with E-state index < -0.39 is 0 Å². The summed E-state index contributed by atoms with van der Waals surface area (Å²) in [5.41, 5.74) is 17.8. The summed E-state index contributed by atoms with van der Waals surface area (Å²) in [6.45, 7) is 30.4. The van der Waals surface area contributed by atoms with Crippen LogP contribution in [0.1, 0.15) is 111 Å². The third kappa shape index (κ3) is 8.76. The molecule has 0 fully saturated rings. The standard InChI is InChI=1S/C65H68N4O/c1-42-32-60(66-40-54(42)44-26-29-46(30-27-44)62(2,3)4)69-56-25-18-17-24-53(56)61-55(65(11,12)13)38-52(39-59(61)69)70-51-23-19-22-49(37-51)67-41-68(50-35-47(63(5,6)7)34-48(36-50)64(8,9)10)57-31-28-45(33-58(57)67)43-20-15-14-16-21-43/h14-40H,41H2,1-13H3. The number of hydrogen-bond donors (Lipinski definition) is 0. The fourth-order valence-corrected chi connectivity index (χ4v) is 10.1. The van der Waals surface area contributed by atoms with E-state index in [1.165, 1.54) is 66.7 Å². The molecule has 0 saturated heterocycles. The molecule has 2 aromatic heterocycles. The van der Waals surface area contributed by atoms with Crippen LogP contribution in [-0.2, 0) is 21.7 Å². The molecule has 7 aromatic carbocycles. The maximum absolute atomic E-state index is 7.07. The highest BCUT2D eigenvalue weighted by molar-refractivity contribution is 6.11. The summed E-state index contributed by atoms with van der Waals surface area (Å²) in [5, 5.41) is 2.42. The average molecular weight is 921 g/mol. The van der Waals surface area contributed by atoms with Crippen LogP contribution >= 0.6 is 0 Å². The zero-order chi connectivity index (χ0) is 49.5. The molecule has 70 heavy (non-hydrogen) atoms. The van der Waals surface area contributed by atoms with Crippen LogP contribution < -0.4 is 14.5 Å². The van der Waals surface area contributed by atoms with E-state index in [9.17, 15) is 0 Å². The zero-order valence-electron chi connectivity index (χ0n) is 43.5. The van der Waals surface area contributed by atoms with Crippen molar-refractivity contribution in [2.75, 3.05) is 16.5 Å². The molecule has 0 unspecified atom stereocenters. The fraction of sp³-hybridized carbons (Fsp3) is 0.277. The van der Waals surface area contributed by atoms with Gasteiger partial charge in [0.05, 0.1) is 22.4 Å².